The number of nitrogens with zero attached hydrogens (tertiary/aromatic N) is 3. The lowest BCUT2D eigenvalue weighted by atomic mass is 10.0. The van der Waals surface area contributed by atoms with Crippen LogP contribution in [0.2, 0.25) is 0 Å². The molecule has 0 saturated heterocycles. The predicted octanol–water partition coefficient (Wildman–Crippen LogP) is 2.40. The van der Waals surface area contributed by atoms with Crippen LogP contribution in [0.15, 0.2) is 36.7 Å². The van der Waals surface area contributed by atoms with Crippen LogP contribution in [-0.2, 0) is 11.2 Å². The average Bonchev–Trinajstić information content (AvgIpc) is 3.01. The van der Waals surface area contributed by atoms with Crippen LogP contribution in [0, 0.1) is 5.82 Å². The van der Waals surface area contributed by atoms with Crippen LogP contribution >= 0.6 is 0 Å². The van der Waals surface area contributed by atoms with Crippen molar-refractivity contribution in [1.82, 2.24) is 19.9 Å². The maximum Gasteiger partial charge on any atom is 0.221 e. The van der Waals surface area contributed by atoms with E-state index in [0.717, 1.165) is 23.1 Å². The second-order valence-corrected chi connectivity index (χ2v) is 6.12. The first-order chi connectivity index (χ1) is 12.2. The molecule has 0 fully saturated rings. The van der Waals surface area contributed by atoms with Gasteiger partial charge in [-0.05, 0) is 42.2 Å². The molecule has 1 aliphatic heterocycles. The van der Waals surface area contributed by atoms with Crippen LogP contribution in [0.25, 0.3) is 16.8 Å². The van der Waals surface area contributed by atoms with Gasteiger partial charge in [-0.1, -0.05) is 6.07 Å². The van der Waals surface area contributed by atoms with E-state index in [4.69, 9.17) is 0 Å². The van der Waals surface area contributed by atoms with E-state index in [1.807, 2.05) is 6.07 Å². The SMILES string of the molecule is O=C1CCNc2ccn3ncc(c3n2)-c2cc(F)cc(c2)CCCN1. The molecule has 7 heteroatoms. The molecule has 0 saturated carbocycles. The highest BCUT2D eigenvalue weighted by atomic mass is 19.1. The summed E-state index contributed by atoms with van der Waals surface area (Å²) in [6, 6.07) is 6.80. The van der Waals surface area contributed by atoms with Gasteiger partial charge in [0.1, 0.15) is 11.6 Å². The third-order valence-electron chi connectivity index (χ3n) is 4.26. The van der Waals surface area contributed by atoms with E-state index in [1.54, 1.807) is 23.0 Å². The lowest BCUT2D eigenvalue weighted by molar-refractivity contribution is -0.120. The number of aryl methyl sites for hydroxylation is 1. The maximum atomic E-state index is 14.1. The van der Waals surface area contributed by atoms with Crippen molar-refractivity contribution in [2.75, 3.05) is 18.4 Å². The zero-order valence-electron chi connectivity index (χ0n) is 13.6. The highest BCUT2D eigenvalue weighted by Crippen LogP contribution is 2.26. The van der Waals surface area contributed by atoms with Crippen LogP contribution in [0.5, 0.6) is 0 Å². The molecule has 2 N–H and O–H groups in total. The minimum absolute atomic E-state index is 0.00609. The summed E-state index contributed by atoms with van der Waals surface area (Å²) >= 11 is 0. The van der Waals surface area contributed by atoms with E-state index in [-0.39, 0.29) is 11.7 Å². The van der Waals surface area contributed by atoms with Crippen LogP contribution in [0.1, 0.15) is 18.4 Å². The van der Waals surface area contributed by atoms with Crippen molar-refractivity contribution >= 4 is 17.4 Å². The number of hydrogen-bond donors (Lipinski definition) is 2. The third-order valence-corrected chi connectivity index (χ3v) is 4.26. The average molecular weight is 339 g/mol. The Morgan fingerprint density at radius 1 is 1.12 bits per heavy atom. The Labute approximate surface area is 144 Å². The van der Waals surface area contributed by atoms with Crippen molar-refractivity contribution in [3.63, 3.8) is 0 Å². The van der Waals surface area contributed by atoms with E-state index >= 15 is 0 Å². The fourth-order valence-electron chi connectivity index (χ4n) is 3.03. The van der Waals surface area contributed by atoms with Gasteiger partial charge in [0.25, 0.3) is 0 Å². The monoisotopic (exact) mass is 339 g/mol. The van der Waals surface area contributed by atoms with Gasteiger partial charge in [-0.25, -0.2) is 13.9 Å². The van der Waals surface area contributed by atoms with Gasteiger partial charge < -0.3 is 10.6 Å². The number of aromatic nitrogens is 3. The second kappa shape index (κ2) is 6.51. The first kappa shape index (κ1) is 15.6. The molecular weight excluding hydrogens is 321 g/mol. The molecule has 3 heterocycles. The largest absolute Gasteiger partial charge is 0.369 e. The Balaban J connectivity index is 1.81. The van der Waals surface area contributed by atoms with Crippen molar-refractivity contribution in [3.8, 4) is 11.1 Å². The van der Waals surface area contributed by atoms with Crippen molar-refractivity contribution in [3.05, 3.63) is 48.0 Å². The Morgan fingerprint density at radius 2 is 2.04 bits per heavy atom. The van der Waals surface area contributed by atoms with Gasteiger partial charge in [-0.15, -0.1) is 0 Å². The summed E-state index contributed by atoms with van der Waals surface area (Å²) in [5.74, 6) is 0.372. The summed E-state index contributed by atoms with van der Waals surface area (Å²) in [6.07, 6.45) is 5.33. The molecule has 25 heavy (non-hydrogen) atoms. The van der Waals surface area contributed by atoms with Gasteiger partial charge in [0.2, 0.25) is 5.91 Å². The van der Waals surface area contributed by atoms with E-state index in [2.05, 4.69) is 20.7 Å². The minimum atomic E-state index is -0.283. The lowest BCUT2D eigenvalue weighted by Gasteiger charge is -2.07. The van der Waals surface area contributed by atoms with Crippen molar-refractivity contribution in [1.29, 1.82) is 0 Å². The van der Waals surface area contributed by atoms with Crippen molar-refractivity contribution < 1.29 is 9.18 Å². The number of fused-ring (bicyclic) bond motifs is 4. The number of carbonyl (C=O) groups excluding carboxylic acids is 1. The highest BCUT2D eigenvalue weighted by Gasteiger charge is 2.12. The quantitative estimate of drug-likeness (QED) is 0.660. The normalized spacial score (nSPS) is 15.3. The number of anilines is 1. The van der Waals surface area contributed by atoms with Gasteiger partial charge in [0.15, 0.2) is 5.65 Å². The molecule has 4 rings (SSSR count). The molecule has 0 radical (unpaired) electrons. The molecule has 2 aromatic heterocycles. The third kappa shape index (κ3) is 3.31. The summed E-state index contributed by atoms with van der Waals surface area (Å²) in [5.41, 5.74) is 3.09. The van der Waals surface area contributed by atoms with Crippen LogP contribution < -0.4 is 10.6 Å². The smallest absolute Gasteiger partial charge is 0.221 e. The molecule has 1 aliphatic rings. The van der Waals surface area contributed by atoms with Gasteiger partial charge in [-0.2, -0.15) is 5.10 Å². The topological polar surface area (TPSA) is 71.3 Å². The minimum Gasteiger partial charge on any atom is -0.369 e. The van der Waals surface area contributed by atoms with Crippen molar-refractivity contribution in [2.45, 2.75) is 19.3 Å². The maximum absolute atomic E-state index is 14.1. The summed E-state index contributed by atoms with van der Waals surface area (Å²) in [7, 11) is 0. The zero-order valence-corrected chi connectivity index (χ0v) is 13.6. The Kier molecular flexibility index (Phi) is 4.05. The van der Waals surface area contributed by atoms with Crippen LogP contribution in [0.4, 0.5) is 10.2 Å². The Bertz CT molecular complexity index is 936. The van der Waals surface area contributed by atoms with Gasteiger partial charge in [-0.3, -0.25) is 4.79 Å². The molecule has 0 unspecified atom stereocenters. The highest BCUT2D eigenvalue weighted by molar-refractivity contribution is 5.78. The molecule has 3 aromatic rings. The lowest BCUT2D eigenvalue weighted by Crippen LogP contribution is -2.26. The van der Waals surface area contributed by atoms with E-state index in [0.29, 0.717) is 37.4 Å². The molecule has 6 nitrogen and oxygen atoms in total. The number of amides is 1. The molecule has 0 spiro atoms. The van der Waals surface area contributed by atoms with Gasteiger partial charge in [0.05, 0.1) is 6.20 Å². The predicted molar refractivity (Wildman–Crippen MR) is 92.8 cm³/mol. The van der Waals surface area contributed by atoms with Crippen LogP contribution in [-0.4, -0.2) is 33.6 Å². The standard InChI is InChI=1S/C18H18FN5O/c19-14-9-12-2-1-5-21-17(25)3-6-20-16-4-7-24-18(23-16)15(11-22-24)13(8-12)10-14/h4,7-11H,1-3,5-6H2,(H,20,23)(H,21,25). The number of rotatable bonds is 0. The first-order valence-electron chi connectivity index (χ1n) is 8.34. The molecule has 4 bridgehead atoms. The first-order valence-corrected chi connectivity index (χ1v) is 8.34. The van der Waals surface area contributed by atoms with E-state index in [9.17, 15) is 9.18 Å². The number of benzene rings is 1. The molecule has 1 aromatic carbocycles. The number of halogens is 1. The summed E-state index contributed by atoms with van der Waals surface area (Å²) in [5, 5.41) is 10.3. The number of hydrogen-bond acceptors (Lipinski definition) is 4. The zero-order chi connectivity index (χ0) is 17.2. The van der Waals surface area contributed by atoms with Crippen molar-refractivity contribution in [2.24, 2.45) is 0 Å². The van der Waals surface area contributed by atoms with Gasteiger partial charge >= 0.3 is 0 Å². The molecular formula is C18H18FN5O. The molecule has 0 atom stereocenters. The number of nitrogens with one attached hydrogen (secondary N) is 2. The summed E-state index contributed by atoms with van der Waals surface area (Å²) < 4.78 is 15.7. The second-order valence-electron chi connectivity index (χ2n) is 6.12. The van der Waals surface area contributed by atoms with E-state index in [1.165, 1.54) is 12.1 Å². The Hall–Kier alpha value is -2.96. The number of carbonyl (C=O) groups is 1. The molecule has 1 amide bonds. The summed E-state index contributed by atoms with van der Waals surface area (Å²) in [4.78, 5) is 16.4. The summed E-state index contributed by atoms with van der Waals surface area (Å²) in [6.45, 7) is 1.08. The van der Waals surface area contributed by atoms with Gasteiger partial charge in [0, 0.05) is 31.3 Å². The molecule has 0 aliphatic carbocycles. The van der Waals surface area contributed by atoms with E-state index < -0.39 is 0 Å². The fraction of sp³-hybridized carbons (Fsp3) is 0.278. The fourth-order valence-corrected chi connectivity index (χ4v) is 3.03. The Morgan fingerprint density at radius 3 is 2.96 bits per heavy atom. The van der Waals surface area contributed by atoms with Crippen LogP contribution in [0.3, 0.4) is 0 Å². The molecule has 128 valence electrons.